The molecule has 9 heteroatoms. The SMILES string of the molecule is Cc1cc(C)c(C)c(OCC(=O)N2c3ccc(S(N)(=O)=O)cc3NC(=O)C2c2ccccc2)c1. The Kier molecular flexibility index (Phi) is 6.16. The zero-order chi connectivity index (χ0) is 24.6. The fourth-order valence-electron chi connectivity index (χ4n) is 4.03. The van der Waals surface area contributed by atoms with E-state index in [0.717, 1.165) is 16.7 Å². The van der Waals surface area contributed by atoms with E-state index in [4.69, 9.17) is 9.88 Å². The average molecular weight is 480 g/mol. The van der Waals surface area contributed by atoms with Crippen molar-refractivity contribution in [2.75, 3.05) is 16.8 Å². The Morgan fingerprint density at radius 3 is 2.44 bits per heavy atom. The maximum absolute atomic E-state index is 13.5. The second kappa shape index (κ2) is 8.92. The van der Waals surface area contributed by atoms with Crippen LogP contribution in [-0.2, 0) is 19.6 Å². The Balaban J connectivity index is 1.74. The molecule has 0 aliphatic carbocycles. The Bertz CT molecular complexity index is 1390. The van der Waals surface area contributed by atoms with Crippen LogP contribution in [0.2, 0.25) is 0 Å². The number of carbonyl (C=O) groups is 2. The number of rotatable bonds is 5. The van der Waals surface area contributed by atoms with Gasteiger partial charge in [-0.1, -0.05) is 36.4 Å². The van der Waals surface area contributed by atoms with Crippen molar-refractivity contribution in [2.24, 2.45) is 5.14 Å². The van der Waals surface area contributed by atoms with Gasteiger partial charge in [0.15, 0.2) is 6.61 Å². The van der Waals surface area contributed by atoms with Gasteiger partial charge in [-0.15, -0.1) is 0 Å². The van der Waals surface area contributed by atoms with Gasteiger partial charge in [-0.25, -0.2) is 13.6 Å². The maximum atomic E-state index is 13.5. The number of fused-ring (bicyclic) bond motifs is 1. The first-order valence-corrected chi connectivity index (χ1v) is 12.2. The van der Waals surface area contributed by atoms with Gasteiger partial charge in [0, 0.05) is 0 Å². The molecule has 0 saturated carbocycles. The molecule has 0 saturated heterocycles. The molecule has 8 nitrogen and oxygen atoms in total. The van der Waals surface area contributed by atoms with Gasteiger partial charge in [0.25, 0.3) is 11.8 Å². The van der Waals surface area contributed by atoms with Crippen LogP contribution in [0.25, 0.3) is 0 Å². The normalized spacial score (nSPS) is 15.5. The summed E-state index contributed by atoms with van der Waals surface area (Å²) in [6.07, 6.45) is 0. The van der Waals surface area contributed by atoms with E-state index in [0.29, 0.717) is 17.0 Å². The summed E-state index contributed by atoms with van der Waals surface area (Å²) in [7, 11) is -4.00. The molecule has 3 N–H and O–H groups in total. The number of anilines is 2. The quantitative estimate of drug-likeness (QED) is 0.582. The van der Waals surface area contributed by atoms with Crippen molar-refractivity contribution in [1.29, 1.82) is 0 Å². The number of nitrogens with zero attached hydrogens (tertiary/aromatic N) is 1. The first-order valence-electron chi connectivity index (χ1n) is 10.6. The summed E-state index contributed by atoms with van der Waals surface area (Å²) < 4.78 is 29.5. The van der Waals surface area contributed by atoms with Crippen molar-refractivity contribution in [3.63, 3.8) is 0 Å². The minimum atomic E-state index is -4.00. The number of hydrogen-bond acceptors (Lipinski definition) is 5. The largest absolute Gasteiger partial charge is 0.483 e. The highest BCUT2D eigenvalue weighted by molar-refractivity contribution is 7.89. The number of carbonyl (C=O) groups excluding carboxylic acids is 2. The van der Waals surface area contributed by atoms with Crippen LogP contribution >= 0.6 is 0 Å². The van der Waals surface area contributed by atoms with Crippen molar-refractivity contribution in [1.82, 2.24) is 0 Å². The summed E-state index contributed by atoms with van der Waals surface area (Å²) in [5.41, 5.74) is 4.12. The number of benzene rings is 3. The van der Waals surface area contributed by atoms with Gasteiger partial charge in [0.05, 0.1) is 16.3 Å². The summed E-state index contributed by atoms with van der Waals surface area (Å²) in [6.45, 7) is 5.52. The number of primary sulfonamides is 1. The molecule has 1 unspecified atom stereocenters. The number of amides is 2. The van der Waals surface area contributed by atoms with Gasteiger partial charge >= 0.3 is 0 Å². The predicted molar refractivity (Wildman–Crippen MR) is 129 cm³/mol. The molecular formula is C25H25N3O5S. The van der Waals surface area contributed by atoms with Gasteiger partial charge in [-0.3, -0.25) is 14.5 Å². The molecule has 1 aliphatic heterocycles. The van der Waals surface area contributed by atoms with Gasteiger partial charge in [-0.05, 0) is 67.3 Å². The fourth-order valence-corrected chi connectivity index (χ4v) is 4.57. The van der Waals surface area contributed by atoms with Crippen LogP contribution < -0.4 is 20.1 Å². The lowest BCUT2D eigenvalue weighted by molar-refractivity contribution is -0.125. The fraction of sp³-hybridized carbons (Fsp3) is 0.200. The number of ether oxygens (including phenoxy) is 1. The average Bonchev–Trinajstić information content (AvgIpc) is 2.78. The molecule has 3 aromatic rings. The smallest absolute Gasteiger partial charge is 0.265 e. The standard InChI is InChI=1S/C25H25N3O5S/c1-15-11-16(2)17(3)22(12-15)33-14-23(29)28-21-10-9-19(34(26,31)32)13-20(21)27-25(30)24(28)18-7-5-4-6-8-18/h4-13,24H,14H2,1-3H3,(H,27,30)(H2,26,31,32). The molecule has 2 amide bonds. The Morgan fingerprint density at radius 1 is 1.06 bits per heavy atom. The third kappa shape index (κ3) is 4.52. The van der Waals surface area contributed by atoms with Crippen molar-refractivity contribution < 1.29 is 22.7 Å². The van der Waals surface area contributed by atoms with E-state index in [2.05, 4.69) is 5.32 Å². The lowest BCUT2D eigenvalue weighted by atomic mass is 10.00. The summed E-state index contributed by atoms with van der Waals surface area (Å²) in [5, 5.41) is 7.96. The highest BCUT2D eigenvalue weighted by Crippen LogP contribution is 2.39. The van der Waals surface area contributed by atoms with E-state index in [-0.39, 0.29) is 17.2 Å². The van der Waals surface area contributed by atoms with E-state index in [9.17, 15) is 18.0 Å². The molecule has 1 aliphatic rings. The first-order chi connectivity index (χ1) is 16.1. The molecule has 0 fully saturated rings. The van der Waals surface area contributed by atoms with Crippen LogP contribution in [0.5, 0.6) is 5.75 Å². The number of sulfonamides is 1. The van der Waals surface area contributed by atoms with Gasteiger partial charge in [0.2, 0.25) is 10.0 Å². The number of aryl methyl sites for hydroxylation is 2. The number of nitrogens with one attached hydrogen (secondary N) is 1. The molecule has 0 bridgehead atoms. The van der Waals surface area contributed by atoms with Crippen LogP contribution in [0.3, 0.4) is 0 Å². The van der Waals surface area contributed by atoms with Crippen LogP contribution in [0, 0.1) is 20.8 Å². The molecular weight excluding hydrogens is 454 g/mol. The highest BCUT2D eigenvalue weighted by Gasteiger charge is 2.38. The Labute approximate surface area is 198 Å². The van der Waals surface area contributed by atoms with Crippen LogP contribution in [-0.4, -0.2) is 26.8 Å². The molecule has 1 heterocycles. The third-order valence-electron chi connectivity index (χ3n) is 5.82. The molecule has 176 valence electrons. The van der Waals surface area contributed by atoms with Crippen molar-refractivity contribution in [3.8, 4) is 5.75 Å². The zero-order valence-electron chi connectivity index (χ0n) is 19.0. The van der Waals surface area contributed by atoms with E-state index < -0.39 is 27.9 Å². The topological polar surface area (TPSA) is 119 Å². The van der Waals surface area contributed by atoms with Gasteiger partial charge in [-0.2, -0.15) is 0 Å². The van der Waals surface area contributed by atoms with E-state index >= 15 is 0 Å². The minimum absolute atomic E-state index is 0.167. The number of nitrogens with two attached hydrogens (primary N) is 1. The zero-order valence-corrected chi connectivity index (χ0v) is 19.8. The van der Waals surface area contributed by atoms with Crippen molar-refractivity contribution >= 4 is 33.2 Å². The Morgan fingerprint density at radius 2 is 1.76 bits per heavy atom. The maximum Gasteiger partial charge on any atom is 0.265 e. The van der Waals surface area contributed by atoms with Crippen molar-refractivity contribution in [2.45, 2.75) is 31.7 Å². The van der Waals surface area contributed by atoms with Crippen LogP contribution in [0.1, 0.15) is 28.3 Å². The van der Waals surface area contributed by atoms with Gasteiger partial charge in [0.1, 0.15) is 11.8 Å². The molecule has 1 atom stereocenters. The van der Waals surface area contributed by atoms with E-state index in [1.165, 1.54) is 23.1 Å². The Hall–Kier alpha value is -3.69. The second-order valence-electron chi connectivity index (χ2n) is 8.28. The van der Waals surface area contributed by atoms with Crippen molar-refractivity contribution in [3.05, 3.63) is 82.9 Å². The van der Waals surface area contributed by atoms with Crippen LogP contribution in [0.4, 0.5) is 11.4 Å². The summed E-state index contributed by atoms with van der Waals surface area (Å²) in [5.74, 6) is -0.332. The lowest BCUT2D eigenvalue weighted by Gasteiger charge is -2.36. The first kappa shape index (κ1) is 23.5. The van der Waals surface area contributed by atoms with E-state index in [1.54, 1.807) is 24.3 Å². The van der Waals surface area contributed by atoms with Crippen LogP contribution in [0.15, 0.2) is 65.6 Å². The molecule has 0 aromatic heterocycles. The molecule has 3 aromatic carbocycles. The minimum Gasteiger partial charge on any atom is -0.483 e. The lowest BCUT2D eigenvalue weighted by Crippen LogP contribution is -2.47. The molecule has 0 spiro atoms. The summed E-state index contributed by atoms with van der Waals surface area (Å²) >= 11 is 0. The molecule has 34 heavy (non-hydrogen) atoms. The highest BCUT2D eigenvalue weighted by atomic mass is 32.2. The third-order valence-corrected chi connectivity index (χ3v) is 6.73. The summed E-state index contributed by atoms with van der Waals surface area (Å²) in [6, 6.07) is 15.8. The van der Waals surface area contributed by atoms with Gasteiger partial charge < -0.3 is 10.1 Å². The molecule has 0 radical (unpaired) electrons. The predicted octanol–water partition coefficient (Wildman–Crippen LogP) is 3.36. The summed E-state index contributed by atoms with van der Waals surface area (Å²) in [4.78, 5) is 27.8. The number of hydrogen-bond donors (Lipinski definition) is 2. The van der Waals surface area contributed by atoms with E-state index in [1.807, 2.05) is 39.0 Å². The monoisotopic (exact) mass is 479 g/mol. The molecule has 4 rings (SSSR count). The second-order valence-corrected chi connectivity index (χ2v) is 9.85.